The minimum atomic E-state index is -0.110. The molecule has 2 N–H and O–H groups in total. The highest BCUT2D eigenvalue weighted by molar-refractivity contribution is 5.96. The molecule has 2 amide bonds. The molecule has 5 nitrogen and oxygen atoms in total. The van der Waals surface area contributed by atoms with E-state index in [1.807, 2.05) is 38.1 Å². The van der Waals surface area contributed by atoms with Crippen molar-refractivity contribution in [1.82, 2.24) is 5.32 Å². The first-order valence-corrected chi connectivity index (χ1v) is 8.81. The monoisotopic (exact) mass is 354 g/mol. The second kappa shape index (κ2) is 9.61. The molecule has 0 heterocycles. The van der Waals surface area contributed by atoms with Crippen LogP contribution in [0, 0.1) is 5.92 Å². The molecule has 0 aromatic heterocycles. The van der Waals surface area contributed by atoms with Crippen LogP contribution >= 0.6 is 0 Å². The molecular weight excluding hydrogens is 328 g/mol. The van der Waals surface area contributed by atoms with Crippen LogP contribution in [0.2, 0.25) is 0 Å². The smallest absolute Gasteiger partial charge is 0.251 e. The third-order valence-electron chi connectivity index (χ3n) is 4.03. The summed E-state index contributed by atoms with van der Waals surface area (Å²) in [4.78, 5) is 23.8. The van der Waals surface area contributed by atoms with Gasteiger partial charge in [0.2, 0.25) is 5.91 Å². The summed E-state index contributed by atoms with van der Waals surface area (Å²) in [5, 5.41) is 5.73. The number of aryl methyl sites for hydroxylation is 1. The maximum absolute atomic E-state index is 12.2. The van der Waals surface area contributed by atoms with Gasteiger partial charge >= 0.3 is 0 Å². The van der Waals surface area contributed by atoms with E-state index in [4.69, 9.17) is 4.74 Å². The molecule has 0 aliphatic carbocycles. The maximum Gasteiger partial charge on any atom is 0.251 e. The van der Waals surface area contributed by atoms with Gasteiger partial charge in [-0.1, -0.05) is 26.0 Å². The number of hydrogen-bond acceptors (Lipinski definition) is 3. The summed E-state index contributed by atoms with van der Waals surface area (Å²) >= 11 is 0. The van der Waals surface area contributed by atoms with Crippen LogP contribution in [0.15, 0.2) is 48.5 Å². The lowest BCUT2D eigenvalue weighted by molar-refractivity contribution is -0.118. The van der Waals surface area contributed by atoms with Crippen molar-refractivity contribution in [3.8, 4) is 5.75 Å². The van der Waals surface area contributed by atoms with E-state index in [9.17, 15) is 9.59 Å². The van der Waals surface area contributed by atoms with Gasteiger partial charge in [0, 0.05) is 23.7 Å². The predicted octanol–water partition coefficient (Wildman–Crippen LogP) is 3.65. The van der Waals surface area contributed by atoms with E-state index in [-0.39, 0.29) is 17.7 Å². The maximum atomic E-state index is 12.2. The molecule has 0 aliphatic heterocycles. The molecule has 138 valence electrons. The van der Waals surface area contributed by atoms with Crippen LogP contribution in [0.25, 0.3) is 0 Å². The summed E-state index contributed by atoms with van der Waals surface area (Å²) in [5.74, 6) is 0.612. The average Bonchev–Trinajstić information content (AvgIpc) is 2.66. The van der Waals surface area contributed by atoms with Crippen LogP contribution in [0.5, 0.6) is 5.75 Å². The van der Waals surface area contributed by atoms with Crippen LogP contribution in [0.3, 0.4) is 0 Å². The first-order chi connectivity index (χ1) is 12.5. The summed E-state index contributed by atoms with van der Waals surface area (Å²) in [7, 11) is 1.65. The van der Waals surface area contributed by atoms with Crippen LogP contribution in [0.4, 0.5) is 5.69 Å². The van der Waals surface area contributed by atoms with Gasteiger partial charge in [0.25, 0.3) is 5.91 Å². The van der Waals surface area contributed by atoms with Crippen LogP contribution in [0.1, 0.15) is 36.2 Å². The Bertz CT molecular complexity index is 722. The fourth-order valence-electron chi connectivity index (χ4n) is 2.38. The zero-order chi connectivity index (χ0) is 18.9. The van der Waals surface area contributed by atoms with Crippen molar-refractivity contribution in [2.75, 3.05) is 19.0 Å². The van der Waals surface area contributed by atoms with Crippen molar-refractivity contribution < 1.29 is 14.3 Å². The highest BCUT2D eigenvalue weighted by Crippen LogP contribution is 2.13. The minimum Gasteiger partial charge on any atom is -0.497 e. The Kier molecular flexibility index (Phi) is 7.21. The van der Waals surface area contributed by atoms with E-state index in [1.54, 1.807) is 31.4 Å². The van der Waals surface area contributed by atoms with Crippen molar-refractivity contribution in [2.24, 2.45) is 5.92 Å². The second-order valence-corrected chi connectivity index (χ2v) is 6.43. The number of carbonyl (C=O) groups is 2. The van der Waals surface area contributed by atoms with Crippen molar-refractivity contribution in [2.45, 2.75) is 26.7 Å². The third-order valence-corrected chi connectivity index (χ3v) is 4.03. The van der Waals surface area contributed by atoms with Gasteiger partial charge in [0.05, 0.1) is 7.11 Å². The molecule has 0 bridgehead atoms. The Labute approximate surface area is 154 Å². The lowest BCUT2D eigenvalue weighted by atomic mass is 10.1. The molecule has 2 rings (SSSR count). The van der Waals surface area contributed by atoms with E-state index >= 15 is 0 Å². The number of amides is 2. The quantitative estimate of drug-likeness (QED) is 0.711. The number of methoxy groups -OCH3 is 1. The highest BCUT2D eigenvalue weighted by Gasteiger charge is 2.08. The molecule has 2 aromatic rings. The average molecular weight is 354 g/mol. The number of nitrogens with one attached hydrogen (secondary N) is 2. The van der Waals surface area contributed by atoms with Gasteiger partial charge < -0.3 is 15.4 Å². The molecule has 0 saturated heterocycles. The van der Waals surface area contributed by atoms with E-state index in [0.717, 1.165) is 18.6 Å². The van der Waals surface area contributed by atoms with Crippen molar-refractivity contribution in [3.63, 3.8) is 0 Å². The minimum absolute atomic E-state index is 0.0410. The SMILES string of the molecule is COc1ccc(CCCNC(=O)c2ccc(NC(=O)C(C)C)cc2)cc1. The number of rotatable bonds is 8. The molecule has 0 fully saturated rings. The second-order valence-electron chi connectivity index (χ2n) is 6.43. The first kappa shape index (κ1) is 19.5. The topological polar surface area (TPSA) is 67.4 Å². The van der Waals surface area contributed by atoms with Crippen LogP contribution in [-0.4, -0.2) is 25.5 Å². The Hall–Kier alpha value is -2.82. The summed E-state index contributed by atoms with van der Waals surface area (Å²) in [6, 6.07) is 14.9. The van der Waals surface area contributed by atoms with Crippen LogP contribution in [-0.2, 0) is 11.2 Å². The number of benzene rings is 2. The summed E-state index contributed by atoms with van der Waals surface area (Å²) < 4.78 is 5.14. The lowest BCUT2D eigenvalue weighted by Crippen LogP contribution is -2.24. The molecule has 0 spiro atoms. The first-order valence-electron chi connectivity index (χ1n) is 8.81. The molecule has 0 unspecified atom stereocenters. The Morgan fingerprint density at radius 3 is 2.23 bits per heavy atom. The Balaban J connectivity index is 1.75. The van der Waals surface area contributed by atoms with E-state index < -0.39 is 0 Å². The van der Waals surface area contributed by atoms with E-state index in [1.165, 1.54) is 5.56 Å². The van der Waals surface area contributed by atoms with Gasteiger partial charge in [-0.25, -0.2) is 0 Å². The zero-order valence-corrected chi connectivity index (χ0v) is 15.5. The molecular formula is C21H26N2O3. The fraction of sp³-hybridized carbons (Fsp3) is 0.333. The number of carbonyl (C=O) groups excluding carboxylic acids is 2. The number of hydrogen-bond donors (Lipinski definition) is 2. The highest BCUT2D eigenvalue weighted by atomic mass is 16.5. The summed E-state index contributed by atoms with van der Waals surface area (Å²) in [6.45, 7) is 4.28. The zero-order valence-electron chi connectivity index (χ0n) is 15.5. The van der Waals surface area contributed by atoms with Gasteiger partial charge in [-0.3, -0.25) is 9.59 Å². The van der Waals surface area contributed by atoms with E-state index in [2.05, 4.69) is 10.6 Å². The molecule has 5 heteroatoms. The van der Waals surface area contributed by atoms with Gasteiger partial charge in [0.1, 0.15) is 5.75 Å². The summed E-state index contributed by atoms with van der Waals surface area (Å²) in [5.41, 5.74) is 2.49. The van der Waals surface area contributed by atoms with Gasteiger partial charge in [0.15, 0.2) is 0 Å². The Morgan fingerprint density at radius 1 is 1.00 bits per heavy atom. The predicted molar refractivity (Wildman–Crippen MR) is 104 cm³/mol. The van der Waals surface area contributed by atoms with Crippen molar-refractivity contribution >= 4 is 17.5 Å². The summed E-state index contributed by atoms with van der Waals surface area (Å²) in [6.07, 6.45) is 1.76. The Morgan fingerprint density at radius 2 is 1.65 bits per heavy atom. The van der Waals surface area contributed by atoms with Crippen LogP contribution < -0.4 is 15.4 Å². The van der Waals surface area contributed by atoms with Gasteiger partial charge in [-0.15, -0.1) is 0 Å². The molecule has 0 atom stereocenters. The van der Waals surface area contributed by atoms with Gasteiger partial charge in [-0.05, 0) is 54.8 Å². The lowest BCUT2D eigenvalue weighted by Gasteiger charge is -2.09. The molecule has 2 aromatic carbocycles. The van der Waals surface area contributed by atoms with Gasteiger partial charge in [-0.2, -0.15) is 0 Å². The van der Waals surface area contributed by atoms with Crippen molar-refractivity contribution in [3.05, 3.63) is 59.7 Å². The number of anilines is 1. The number of ether oxygens (including phenoxy) is 1. The molecule has 26 heavy (non-hydrogen) atoms. The normalized spacial score (nSPS) is 10.5. The van der Waals surface area contributed by atoms with E-state index in [0.29, 0.717) is 17.8 Å². The fourth-order valence-corrected chi connectivity index (χ4v) is 2.38. The standard InChI is InChI=1S/C21H26N2O3/c1-15(2)20(24)23-18-10-8-17(9-11-18)21(25)22-14-4-5-16-6-12-19(26-3)13-7-16/h6-13,15H,4-5,14H2,1-3H3,(H,22,25)(H,23,24). The van der Waals surface area contributed by atoms with Crippen molar-refractivity contribution in [1.29, 1.82) is 0 Å². The third kappa shape index (κ3) is 5.92. The largest absolute Gasteiger partial charge is 0.497 e. The molecule has 0 saturated carbocycles. The molecule has 0 radical (unpaired) electrons. The molecule has 0 aliphatic rings.